The molecule has 4 heteroatoms. The van der Waals surface area contributed by atoms with Crippen LogP contribution in [0.2, 0.25) is 0 Å². The van der Waals surface area contributed by atoms with Crippen LogP contribution < -0.4 is 4.74 Å². The molecule has 0 aliphatic carbocycles. The number of carbonyl (C=O) groups is 1. The van der Waals surface area contributed by atoms with Crippen LogP contribution in [0.15, 0.2) is 18.2 Å². The largest absolute Gasteiger partial charge is 0.504 e. The van der Waals surface area contributed by atoms with Crippen LogP contribution in [0.1, 0.15) is 12.5 Å². The van der Waals surface area contributed by atoms with E-state index < -0.39 is 0 Å². The molecule has 0 spiro atoms. The number of phenolic OH excluding ortho intramolecular Hbond substituents is 2. The molecule has 1 rings (SSSR count). The minimum absolute atomic E-state index is 0.000650. The number of ether oxygens (including phenoxy) is 1. The Hall–Kier alpha value is -1.97. The summed E-state index contributed by atoms with van der Waals surface area (Å²) in [7, 11) is 1.34. The third-order valence-corrected chi connectivity index (χ3v) is 1.84. The number of benzene rings is 1. The lowest BCUT2D eigenvalue weighted by molar-refractivity contribution is -0.112. The fourth-order valence-corrected chi connectivity index (χ4v) is 1.12. The van der Waals surface area contributed by atoms with Crippen molar-refractivity contribution in [2.45, 2.75) is 6.92 Å². The topological polar surface area (TPSA) is 66.8 Å². The summed E-state index contributed by atoms with van der Waals surface area (Å²) in [5.41, 5.74) is 0.417. The summed E-state index contributed by atoms with van der Waals surface area (Å²) < 4.78 is 4.80. The van der Waals surface area contributed by atoms with Crippen LogP contribution in [-0.2, 0) is 4.79 Å². The number of carbonyl (C=O) groups excluding carboxylic acids is 1. The lowest BCUT2D eigenvalue weighted by Gasteiger charge is -2.07. The number of hydrogen-bond acceptors (Lipinski definition) is 4. The second-order valence-corrected chi connectivity index (χ2v) is 3.00. The van der Waals surface area contributed by atoms with Gasteiger partial charge in [0.2, 0.25) is 5.75 Å². The van der Waals surface area contributed by atoms with Gasteiger partial charge >= 0.3 is 0 Å². The third-order valence-electron chi connectivity index (χ3n) is 1.84. The first-order chi connectivity index (χ1) is 7.06. The molecule has 4 nitrogen and oxygen atoms in total. The van der Waals surface area contributed by atoms with Crippen molar-refractivity contribution in [1.82, 2.24) is 0 Å². The number of ketones is 1. The van der Waals surface area contributed by atoms with Gasteiger partial charge in [-0.05, 0) is 31.2 Å². The molecule has 0 aliphatic heterocycles. The molecule has 1 aromatic carbocycles. The van der Waals surface area contributed by atoms with Crippen molar-refractivity contribution in [2.75, 3.05) is 7.11 Å². The molecule has 1 aromatic rings. The summed E-state index contributed by atoms with van der Waals surface area (Å²) in [4.78, 5) is 10.7. The maximum Gasteiger partial charge on any atom is 0.203 e. The van der Waals surface area contributed by atoms with E-state index in [0.717, 1.165) is 0 Å². The van der Waals surface area contributed by atoms with Crippen LogP contribution in [-0.4, -0.2) is 23.1 Å². The van der Waals surface area contributed by atoms with E-state index in [9.17, 15) is 15.0 Å². The van der Waals surface area contributed by atoms with E-state index in [0.29, 0.717) is 5.56 Å². The second-order valence-electron chi connectivity index (χ2n) is 3.00. The number of rotatable bonds is 3. The molecular formula is C11H12O4. The van der Waals surface area contributed by atoms with Crippen molar-refractivity contribution in [1.29, 1.82) is 0 Å². The third kappa shape index (κ3) is 2.49. The molecular weight excluding hydrogens is 196 g/mol. The smallest absolute Gasteiger partial charge is 0.203 e. The lowest BCUT2D eigenvalue weighted by atomic mass is 10.1. The molecule has 0 saturated carbocycles. The van der Waals surface area contributed by atoms with E-state index in [1.54, 1.807) is 0 Å². The van der Waals surface area contributed by atoms with E-state index in [1.807, 2.05) is 0 Å². The highest BCUT2D eigenvalue weighted by Crippen LogP contribution is 2.38. The molecule has 0 radical (unpaired) electrons. The molecule has 15 heavy (non-hydrogen) atoms. The van der Waals surface area contributed by atoms with Gasteiger partial charge < -0.3 is 14.9 Å². The van der Waals surface area contributed by atoms with Gasteiger partial charge in [0.15, 0.2) is 17.3 Å². The molecule has 0 saturated heterocycles. The van der Waals surface area contributed by atoms with Crippen molar-refractivity contribution in [3.8, 4) is 17.2 Å². The van der Waals surface area contributed by atoms with Gasteiger partial charge in [-0.3, -0.25) is 4.79 Å². The van der Waals surface area contributed by atoms with Gasteiger partial charge in [-0.15, -0.1) is 0 Å². The van der Waals surface area contributed by atoms with Gasteiger partial charge in [-0.1, -0.05) is 0 Å². The quantitative estimate of drug-likeness (QED) is 0.742. The molecule has 0 fully saturated rings. The minimum atomic E-state index is -0.185. The first-order valence-corrected chi connectivity index (χ1v) is 4.34. The van der Waals surface area contributed by atoms with E-state index in [-0.39, 0.29) is 23.0 Å². The summed E-state index contributed by atoms with van der Waals surface area (Å²) in [5, 5.41) is 19.0. The molecule has 0 atom stereocenters. The number of allylic oxidation sites excluding steroid dienone is 1. The first-order valence-electron chi connectivity index (χ1n) is 4.34. The zero-order valence-electron chi connectivity index (χ0n) is 8.52. The Kier molecular flexibility index (Phi) is 3.33. The maximum atomic E-state index is 10.7. The van der Waals surface area contributed by atoms with Crippen molar-refractivity contribution >= 4 is 11.9 Å². The number of phenols is 2. The van der Waals surface area contributed by atoms with E-state index in [4.69, 9.17) is 4.74 Å². The Balaban J connectivity index is 3.16. The van der Waals surface area contributed by atoms with Crippen LogP contribution in [0.25, 0.3) is 6.08 Å². The molecule has 2 N–H and O–H groups in total. The predicted molar refractivity (Wildman–Crippen MR) is 56.0 cm³/mol. The standard InChI is InChI=1S/C11H12O4/c1-7(12)3-4-8-5-6-9(13)11(15-2)10(8)14/h3-6,13-14H,1-2H3/b4-3+. The number of aromatic hydroxyl groups is 2. The summed E-state index contributed by atoms with van der Waals surface area (Å²) in [6.07, 6.45) is 2.78. The van der Waals surface area contributed by atoms with Gasteiger partial charge in [0.1, 0.15) is 0 Å². The second kappa shape index (κ2) is 4.50. The predicted octanol–water partition coefficient (Wildman–Crippen LogP) is 1.71. The Bertz CT molecular complexity index is 407. The maximum absolute atomic E-state index is 10.7. The zero-order valence-corrected chi connectivity index (χ0v) is 8.52. The van der Waals surface area contributed by atoms with E-state index in [1.165, 1.54) is 38.3 Å². The van der Waals surface area contributed by atoms with Crippen LogP contribution in [0.3, 0.4) is 0 Å². The SMILES string of the molecule is COc1c(O)ccc(/C=C/C(C)=O)c1O. The highest BCUT2D eigenvalue weighted by atomic mass is 16.5. The average Bonchev–Trinajstić information content (AvgIpc) is 2.17. The zero-order chi connectivity index (χ0) is 11.4. The summed E-state index contributed by atoms with van der Waals surface area (Å²) in [6.45, 7) is 1.41. The number of hydrogen-bond donors (Lipinski definition) is 2. The average molecular weight is 208 g/mol. The molecule has 0 aromatic heterocycles. The van der Waals surface area contributed by atoms with E-state index >= 15 is 0 Å². The van der Waals surface area contributed by atoms with Crippen molar-refractivity contribution in [3.05, 3.63) is 23.8 Å². The summed E-state index contributed by atoms with van der Waals surface area (Å²) >= 11 is 0. The normalized spacial score (nSPS) is 10.5. The van der Waals surface area contributed by atoms with Crippen LogP contribution >= 0.6 is 0 Å². The molecule has 0 heterocycles. The highest BCUT2D eigenvalue weighted by Gasteiger charge is 2.10. The van der Waals surface area contributed by atoms with Crippen LogP contribution in [0, 0.1) is 0 Å². The van der Waals surface area contributed by atoms with Crippen LogP contribution in [0.5, 0.6) is 17.2 Å². The van der Waals surface area contributed by atoms with Gasteiger partial charge in [-0.25, -0.2) is 0 Å². The number of methoxy groups -OCH3 is 1. The Labute approximate surface area is 87.4 Å². The van der Waals surface area contributed by atoms with Crippen LogP contribution in [0.4, 0.5) is 0 Å². The van der Waals surface area contributed by atoms with E-state index in [2.05, 4.69) is 0 Å². The van der Waals surface area contributed by atoms with Crippen molar-refractivity contribution < 1.29 is 19.7 Å². The lowest BCUT2D eigenvalue weighted by Crippen LogP contribution is -1.87. The molecule has 0 bridgehead atoms. The highest BCUT2D eigenvalue weighted by molar-refractivity contribution is 5.92. The van der Waals surface area contributed by atoms with Gasteiger partial charge in [0.05, 0.1) is 7.11 Å². The fraction of sp³-hybridized carbons (Fsp3) is 0.182. The summed E-state index contributed by atoms with van der Waals surface area (Å²) in [5.74, 6) is -0.452. The molecule has 0 unspecified atom stereocenters. The molecule has 80 valence electrons. The van der Waals surface area contributed by atoms with Crippen molar-refractivity contribution in [2.24, 2.45) is 0 Å². The molecule has 0 aliphatic rings. The Morgan fingerprint density at radius 1 is 1.40 bits per heavy atom. The Morgan fingerprint density at radius 3 is 2.60 bits per heavy atom. The van der Waals surface area contributed by atoms with Crippen molar-refractivity contribution in [3.63, 3.8) is 0 Å². The van der Waals surface area contributed by atoms with Gasteiger partial charge in [0.25, 0.3) is 0 Å². The fourth-order valence-electron chi connectivity index (χ4n) is 1.12. The minimum Gasteiger partial charge on any atom is -0.504 e. The first kappa shape index (κ1) is 11.1. The summed E-state index contributed by atoms with van der Waals surface area (Å²) in [6, 6.07) is 2.88. The molecule has 0 amide bonds. The Morgan fingerprint density at radius 2 is 2.07 bits per heavy atom. The monoisotopic (exact) mass is 208 g/mol. The van der Waals surface area contributed by atoms with Gasteiger partial charge in [-0.2, -0.15) is 0 Å². The van der Waals surface area contributed by atoms with Gasteiger partial charge in [0, 0.05) is 5.56 Å².